The Labute approximate surface area is 181 Å². The lowest BCUT2D eigenvalue weighted by atomic mass is 10.1. The molecule has 0 radical (unpaired) electrons. The van der Waals surface area contributed by atoms with Gasteiger partial charge in [-0.25, -0.2) is 0 Å². The van der Waals surface area contributed by atoms with Crippen LogP contribution >= 0.6 is 23.8 Å². The number of benzene rings is 3. The second-order valence-corrected chi connectivity index (χ2v) is 7.16. The van der Waals surface area contributed by atoms with Crippen LogP contribution in [0, 0.1) is 0 Å². The fourth-order valence-electron chi connectivity index (χ4n) is 2.74. The van der Waals surface area contributed by atoms with Gasteiger partial charge in [-0.1, -0.05) is 48.1 Å². The first-order valence-electron chi connectivity index (χ1n) is 9.05. The Kier molecular flexibility index (Phi) is 7.33. The zero-order valence-corrected chi connectivity index (χ0v) is 17.8. The van der Waals surface area contributed by atoms with Gasteiger partial charge in [0.1, 0.15) is 17.3 Å². The lowest BCUT2D eigenvalue weighted by Crippen LogP contribution is -2.21. The summed E-state index contributed by atoms with van der Waals surface area (Å²) >= 11 is 11.5. The van der Waals surface area contributed by atoms with Crippen molar-refractivity contribution in [1.29, 1.82) is 0 Å². The number of rotatable bonds is 8. The van der Waals surface area contributed by atoms with Crippen LogP contribution in [0.3, 0.4) is 0 Å². The molecule has 0 unspecified atom stereocenters. The molecule has 0 aliphatic heterocycles. The molecule has 0 atom stereocenters. The van der Waals surface area contributed by atoms with Gasteiger partial charge in [-0.15, -0.1) is 0 Å². The van der Waals surface area contributed by atoms with Crippen LogP contribution in [0.5, 0.6) is 17.2 Å². The van der Waals surface area contributed by atoms with Crippen molar-refractivity contribution >= 4 is 28.8 Å². The van der Waals surface area contributed by atoms with E-state index >= 15 is 0 Å². The fourth-order valence-corrected chi connectivity index (χ4v) is 3.06. The molecule has 0 aliphatic rings. The van der Waals surface area contributed by atoms with E-state index in [2.05, 4.69) is 5.32 Å². The zero-order chi connectivity index (χ0) is 20.6. The third kappa shape index (κ3) is 5.86. The van der Waals surface area contributed by atoms with Gasteiger partial charge < -0.3 is 19.5 Å². The van der Waals surface area contributed by atoms with Gasteiger partial charge in [0, 0.05) is 17.1 Å². The molecule has 0 saturated heterocycles. The molecule has 0 saturated carbocycles. The summed E-state index contributed by atoms with van der Waals surface area (Å²) in [5.74, 6) is 2.10. The molecule has 0 aromatic heterocycles. The maximum atomic E-state index is 5.92. The number of halogens is 1. The van der Waals surface area contributed by atoms with E-state index in [-0.39, 0.29) is 0 Å². The molecule has 4 nitrogen and oxygen atoms in total. The van der Waals surface area contributed by atoms with E-state index < -0.39 is 0 Å². The average Bonchev–Trinajstić information content (AvgIpc) is 2.77. The van der Waals surface area contributed by atoms with E-state index in [9.17, 15) is 0 Å². The van der Waals surface area contributed by atoms with E-state index in [1.165, 1.54) is 0 Å². The molecule has 6 heteroatoms. The van der Waals surface area contributed by atoms with Crippen molar-refractivity contribution in [3.05, 3.63) is 88.4 Å². The molecule has 3 aromatic rings. The molecule has 3 aromatic carbocycles. The van der Waals surface area contributed by atoms with Gasteiger partial charge in [0.05, 0.1) is 14.2 Å². The first-order valence-corrected chi connectivity index (χ1v) is 9.84. The van der Waals surface area contributed by atoms with E-state index in [0.717, 1.165) is 22.4 Å². The molecule has 3 rings (SSSR count). The molecular formula is C23H22ClNO3S. The van der Waals surface area contributed by atoms with E-state index in [1.807, 2.05) is 66.7 Å². The SMILES string of the molecule is COc1cccc(CNC(=S)c2ccc(OCc3ccc(Cl)cc3)c(OC)c2)c1. The highest BCUT2D eigenvalue weighted by molar-refractivity contribution is 7.80. The minimum absolute atomic E-state index is 0.422. The minimum Gasteiger partial charge on any atom is -0.497 e. The molecular weight excluding hydrogens is 406 g/mol. The molecule has 0 amide bonds. The second-order valence-electron chi connectivity index (χ2n) is 6.31. The topological polar surface area (TPSA) is 39.7 Å². The Hall–Kier alpha value is -2.76. The summed E-state index contributed by atoms with van der Waals surface area (Å²) in [6.07, 6.45) is 0. The van der Waals surface area contributed by atoms with E-state index in [1.54, 1.807) is 14.2 Å². The largest absolute Gasteiger partial charge is 0.497 e. The molecule has 0 aliphatic carbocycles. The van der Waals surface area contributed by atoms with Crippen molar-refractivity contribution in [3.8, 4) is 17.2 Å². The predicted molar refractivity (Wildman–Crippen MR) is 120 cm³/mol. The highest BCUT2D eigenvalue weighted by atomic mass is 35.5. The number of hydrogen-bond donors (Lipinski definition) is 1. The highest BCUT2D eigenvalue weighted by Crippen LogP contribution is 2.29. The lowest BCUT2D eigenvalue weighted by molar-refractivity contribution is 0.284. The summed E-state index contributed by atoms with van der Waals surface area (Å²) in [5.41, 5.74) is 2.97. The molecule has 0 heterocycles. The number of nitrogens with one attached hydrogen (secondary N) is 1. The zero-order valence-electron chi connectivity index (χ0n) is 16.3. The van der Waals surface area contributed by atoms with Crippen molar-refractivity contribution in [2.45, 2.75) is 13.2 Å². The smallest absolute Gasteiger partial charge is 0.161 e. The molecule has 29 heavy (non-hydrogen) atoms. The van der Waals surface area contributed by atoms with Crippen LogP contribution in [-0.2, 0) is 13.2 Å². The van der Waals surface area contributed by atoms with Gasteiger partial charge in [-0.2, -0.15) is 0 Å². The van der Waals surface area contributed by atoms with E-state index in [0.29, 0.717) is 34.7 Å². The normalized spacial score (nSPS) is 10.3. The first-order chi connectivity index (χ1) is 14.1. The van der Waals surface area contributed by atoms with Crippen LogP contribution in [0.2, 0.25) is 5.02 Å². The van der Waals surface area contributed by atoms with Crippen molar-refractivity contribution in [2.24, 2.45) is 0 Å². The Morgan fingerprint density at radius 3 is 2.41 bits per heavy atom. The summed E-state index contributed by atoms with van der Waals surface area (Å²) in [7, 11) is 3.26. The van der Waals surface area contributed by atoms with Gasteiger partial charge in [-0.05, 0) is 53.6 Å². The van der Waals surface area contributed by atoms with Gasteiger partial charge in [0.2, 0.25) is 0 Å². The number of ether oxygens (including phenoxy) is 3. The summed E-state index contributed by atoms with van der Waals surface area (Å²) in [6.45, 7) is 1.03. The Morgan fingerprint density at radius 1 is 0.897 bits per heavy atom. The average molecular weight is 428 g/mol. The molecule has 0 spiro atoms. The minimum atomic E-state index is 0.422. The summed E-state index contributed by atoms with van der Waals surface area (Å²) in [6, 6.07) is 21.1. The molecule has 1 N–H and O–H groups in total. The van der Waals surface area contributed by atoms with Crippen molar-refractivity contribution in [1.82, 2.24) is 5.32 Å². The lowest BCUT2D eigenvalue weighted by Gasteiger charge is -2.14. The monoisotopic (exact) mass is 427 g/mol. The Balaban J connectivity index is 1.63. The van der Waals surface area contributed by atoms with Crippen molar-refractivity contribution < 1.29 is 14.2 Å². The van der Waals surface area contributed by atoms with Crippen LogP contribution in [0.1, 0.15) is 16.7 Å². The van der Waals surface area contributed by atoms with Crippen LogP contribution < -0.4 is 19.5 Å². The Bertz CT molecular complexity index is 976. The van der Waals surface area contributed by atoms with Gasteiger partial charge >= 0.3 is 0 Å². The van der Waals surface area contributed by atoms with Gasteiger partial charge in [0.25, 0.3) is 0 Å². The van der Waals surface area contributed by atoms with Gasteiger partial charge in [-0.3, -0.25) is 0 Å². The van der Waals surface area contributed by atoms with Crippen LogP contribution in [0.25, 0.3) is 0 Å². The predicted octanol–water partition coefficient (Wildman–Crippen LogP) is 5.40. The van der Waals surface area contributed by atoms with Crippen LogP contribution in [-0.4, -0.2) is 19.2 Å². The van der Waals surface area contributed by atoms with Crippen LogP contribution in [0.15, 0.2) is 66.7 Å². The number of methoxy groups -OCH3 is 2. The van der Waals surface area contributed by atoms with Gasteiger partial charge in [0.15, 0.2) is 11.5 Å². The maximum absolute atomic E-state index is 5.92. The van der Waals surface area contributed by atoms with Crippen LogP contribution in [0.4, 0.5) is 0 Å². The van der Waals surface area contributed by atoms with Crippen molar-refractivity contribution in [2.75, 3.05) is 14.2 Å². The van der Waals surface area contributed by atoms with Crippen molar-refractivity contribution in [3.63, 3.8) is 0 Å². The molecule has 0 fully saturated rings. The fraction of sp³-hybridized carbons (Fsp3) is 0.174. The summed E-state index contributed by atoms with van der Waals surface area (Å²) < 4.78 is 16.6. The second kappa shape index (κ2) is 10.1. The summed E-state index contributed by atoms with van der Waals surface area (Å²) in [4.78, 5) is 0.635. The molecule has 150 valence electrons. The molecule has 0 bridgehead atoms. The Morgan fingerprint density at radius 2 is 1.69 bits per heavy atom. The number of hydrogen-bond acceptors (Lipinski definition) is 4. The third-order valence-electron chi connectivity index (χ3n) is 4.32. The first kappa shape index (κ1) is 21.0. The maximum Gasteiger partial charge on any atom is 0.161 e. The summed E-state index contributed by atoms with van der Waals surface area (Å²) in [5, 5.41) is 3.97. The van der Waals surface area contributed by atoms with E-state index in [4.69, 9.17) is 38.0 Å². The number of thiocarbonyl (C=S) groups is 1. The third-order valence-corrected chi connectivity index (χ3v) is 4.95. The quantitative estimate of drug-likeness (QED) is 0.487. The highest BCUT2D eigenvalue weighted by Gasteiger charge is 2.09. The standard InChI is InChI=1S/C23H22ClNO3S/c1-26-20-5-3-4-17(12-20)14-25-23(29)18-8-11-21(22(13-18)27-2)28-15-16-6-9-19(24)10-7-16/h3-13H,14-15H2,1-2H3,(H,25,29).